The molecule has 0 radical (unpaired) electrons. The van der Waals surface area contributed by atoms with Gasteiger partial charge in [-0.3, -0.25) is 4.79 Å². The molecule has 1 aromatic heterocycles. The molecule has 24 heavy (non-hydrogen) atoms. The van der Waals surface area contributed by atoms with Gasteiger partial charge in [0.2, 0.25) is 0 Å². The number of aromatic nitrogens is 2. The Labute approximate surface area is 143 Å². The lowest BCUT2D eigenvalue weighted by Crippen LogP contribution is -2.62. The third-order valence-electron chi connectivity index (χ3n) is 6.55. The first-order valence-electron chi connectivity index (χ1n) is 8.36. The monoisotopic (exact) mass is 324 g/mol. The number of rotatable bonds is 1. The molecule has 5 nitrogen and oxygen atoms in total. The van der Waals surface area contributed by atoms with E-state index in [0.29, 0.717) is 5.57 Å². The van der Waals surface area contributed by atoms with Gasteiger partial charge in [-0.05, 0) is 18.8 Å². The van der Waals surface area contributed by atoms with Crippen molar-refractivity contribution < 1.29 is 4.79 Å². The first-order chi connectivity index (χ1) is 11.1. The van der Waals surface area contributed by atoms with Crippen LogP contribution in [0, 0.1) is 34.5 Å². The fourth-order valence-electron chi connectivity index (χ4n) is 4.39. The van der Waals surface area contributed by atoms with Gasteiger partial charge in [0.05, 0.1) is 5.57 Å². The van der Waals surface area contributed by atoms with E-state index in [2.05, 4.69) is 34.8 Å². The molecule has 0 aromatic carbocycles. The predicted octanol–water partition coefficient (Wildman–Crippen LogP) is 3.07. The van der Waals surface area contributed by atoms with Gasteiger partial charge in [-0.25, -0.2) is 9.97 Å². The maximum Gasteiger partial charge on any atom is 0.179 e. The molecule has 2 heterocycles. The van der Waals surface area contributed by atoms with Crippen molar-refractivity contribution in [3.05, 3.63) is 29.7 Å². The first kappa shape index (κ1) is 16.6. The summed E-state index contributed by atoms with van der Waals surface area (Å²) in [6.45, 7) is 11.9. The maximum absolute atomic E-state index is 12.8. The average molecular weight is 324 g/mol. The summed E-state index contributed by atoms with van der Waals surface area (Å²) in [7, 11) is 0. The standard InChI is InChI=1S/C19H24N4O/c1-13-8-15(22-12-21-13)23-7-6-19(5)17(2,3)16(24)14(10-20)9-18(19,4)11-23/h8-9,12H,6-7,11H2,1-5H3/t18-,19+/m0/s1. The van der Waals surface area contributed by atoms with Crippen LogP contribution in [0.1, 0.15) is 39.8 Å². The van der Waals surface area contributed by atoms with Gasteiger partial charge < -0.3 is 4.90 Å². The van der Waals surface area contributed by atoms with E-state index in [1.165, 1.54) is 0 Å². The number of carbonyl (C=O) groups excluding carboxylic acids is 1. The molecular formula is C19H24N4O. The molecule has 0 saturated carbocycles. The van der Waals surface area contributed by atoms with Gasteiger partial charge in [0.1, 0.15) is 18.2 Å². The Balaban J connectivity index is 2.06. The van der Waals surface area contributed by atoms with Gasteiger partial charge in [-0.1, -0.05) is 33.8 Å². The lowest BCUT2D eigenvalue weighted by atomic mass is 9.46. The van der Waals surface area contributed by atoms with Crippen molar-refractivity contribution in [2.75, 3.05) is 18.0 Å². The number of aryl methyl sites for hydroxylation is 1. The molecule has 1 aliphatic heterocycles. The fourth-order valence-corrected chi connectivity index (χ4v) is 4.39. The minimum Gasteiger partial charge on any atom is -0.356 e. The lowest BCUT2D eigenvalue weighted by Gasteiger charge is -2.60. The van der Waals surface area contributed by atoms with E-state index >= 15 is 0 Å². The van der Waals surface area contributed by atoms with E-state index in [4.69, 9.17) is 0 Å². The molecular weight excluding hydrogens is 300 g/mol. The highest BCUT2D eigenvalue weighted by molar-refractivity contribution is 6.04. The molecule has 0 amide bonds. The Hall–Kier alpha value is -2.22. The largest absolute Gasteiger partial charge is 0.356 e. The molecule has 1 fully saturated rings. The van der Waals surface area contributed by atoms with Crippen LogP contribution in [0.4, 0.5) is 5.82 Å². The van der Waals surface area contributed by atoms with Gasteiger partial charge in [-0.2, -0.15) is 5.26 Å². The van der Waals surface area contributed by atoms with E-state index in [-0.39, 0.29) is 16.6 Å². The van der Waals surface area contributed by atoms with Crippen molar-refractivity contribution in [3.8, 4) is 6.07 Å². The number of piperidine rings is 1. The summed E-state index contributed by atoms with van der Waals surface area (Å²) < 4.78 is 0. The first-order valence-corrected chi connectivity index (χ1v) is 8.36. The highest BCUT2D eigenvalue weighted by atomic mass is 16.1. The summed E-state index contributed by atoms with van der Waals surface area (Å²) in [4.78, 5) is 23.6. The molecule has 0 bridgehead atoms. The van der Waals surface area contributed by atoms with Crippen molar-refractivity contribution in [2.24, 2.45) is 16.2 Å². The van der Waals surface area contributed by atoms with Crippen LogP contribution in [0.2, 0.25) is 0 Å². The molecule has 5 heteroatoms. The zero-order valence-electron chi connectivity index (χ0n) is 15.1. The van der Waals surface area contributed by atoms with Crippen molar-refractivity contribution in [3.63, 3.8) is 0 Å². The second-order valence-corrected chi connectivity index (χ2v) is 8.06. The summed E-state index contributed by atoms with van der Waals surface area (Å²) in [5.41, 5.74) is 0.198. The summed E-state index contributed by atoms with van der Waals surface area (Å²) >= 11 is 0. The third kappa shape index (κ3) is 2.09. The predicted molar refractivity (Wildman–Crippen MR) is 92.3 cm³/mol. The molecule has 3 rings (SSSR count). The van der Waals surface area contributed by atoms with E-state index in [1.54, 1.807) is 6.33 Å². The Morgan fingerprint density at radius 2 is 1.96 bits per heavy atom. The van der Waals surface area contributed by atoms with Gasteiger partial charge in [0.15, 0.2) is 5.78 Å². The minimum absolute atomic E-state index is 0.0312. The lowest BCUT2D eigenvalue weighted by molar-refractivity contribution is -0.139. The Bertz CT molecular complexity index is 776. The van der Waals surface area contributed by atoms with Crippen LogP contribution in [-0.2, 0) is 4.79 Å². The number of nitriles is 1. The van der Waals surface area contributed by atoms with Crippen LogP contribution >= 0.6 is 0 Å². The van der Waals surface area contributed by atoms with Crippen molar-refractivity contribution in [2.45, 2.75) is 41.0 Å². The van der Waals surface area contributed by atoms with Crippen LogP contribution in [-0.4, -0.2) is 28.8 Å². The number of ketones is 1. The second-order valence-electron chi connectivity index (χ2n) is 8.06. The topological polar surface area (TPSA) is 69.9 Å². The number of carbonyl (C=O) groups is 1. The number of hydrogen-bond acceptors (Lipinski definition) is 5. The Kier molecular flexibility index (Phi) is 3.56. The van der Waals surface area contributed by atoms with Crippen LogP contribution in [0.3, 0.4) is 0 Å². The Morgan fingerprint density at radius 3 is 2.58 bits per heavy atom. The number of fused-ring (bicyclic) bond motifs is 1. The summed E-state index contributed by atoms with van der Waals surface area (Å²) in [5.74, 6) is 0.878. The van der Waals surface area contributed by atoms with Crippen molar-refractivity contribution in [1.82, 2.24) is 9.97 Å². The third-order valence-corrected chi connectivity index (χ3v) is 6.55. The van der Waals surface area contributed by atoms with Gasteiger partial charge in [0, 0.05) is 35.7 Å². The highest BCUT2D eigenvalue weighted by Gasteiger charge is 2.61. The van der Waals surface area contributed by atoms with E-state index in [0.717, 1.165) is 31.0 Å². The Morgan fingerprint density at radius 1 is 1.25 bits per heavy atom. The van der Waals surface area contributed by atoms with E-state index in [9.17, 15) is 10.1 Å². The maximum atomic E-state index is 12.8. The van der Waals surface area contributed by atoms with Crippen molar-refractivity contribution >= 4 is 11.6 Å². The molecule has 1 aromatic rings. The molecule has 1 aliphatic carbocycles. The number of Topliss-reactive ketones (excluding diaryl/α,β-unsaturated/α-hetero) is 1. The molecule has 0 spiro atoms. The van der Waals surface area contributed by atoms with Crippen LogP contribution < -0.4 is 4.90 Å². The smallest absolute Gasteiger partial charge is 0.179 e. The van der Waals surface area contributed by atoms with Crippen LogP contribution in [0.5, 0.6) is 0 Å². The summed E-state index contributed by atoms with van der Waals surface area (Å²) in [6.07, 6.45) is 4.37. The molecule has 1 saturated heterocycles. The molecule has 2 atom stereocenters. The second kappa shape index (κ2) is 5.14. The number of hydrogen-bond donors (Lipinski definition) is 0. The highest BCUT2D eigenvalue weighted by Crippen LogP contribution is 2.61. The van der Waals surface area contributed by atoms with Crippen LogP contribution in [0.25, 0.3) is 0 Å². The van der Waals surface area contributed by atoms with E-state index < -0.39 is 5.41 Å². The fraction of sp³-hybridized carbons (Fsp3) is 0.579. The summed E-state index contributed by atoms with van der Waals surface area (Å²) in [6, 6.07) is 4.10. The van der Waals surface area contributed by atoms with Gasteiger partial charge in [-0.15, -0.1) is 0 Å². The minimum atomic E-state index is -0.560. The van der Waals surface area contributed by atoms with Crippen LogP contribution in [0.15, 0.2) is 24.0 Å². The molecule has 0 N–H and O–H groups in total. The normalized spacial score (nSPS) is 31.9. The summed E-state index contributed by atoms with van der Waals surface area (Å²) in [5, 5.41) is 9.43. The zero-order valence-corrected chi connectivity index (χ0v) is 15.1. The average Bonchev–Trinajstić information content (AvgIpc) is 2.53. The number of allylic oxidation sites excluding steroid dienone is 1. The molecule has 2 aliphatic rings. The number of anilines is 1. The zero-order chi connectivity index (χ0) is 17.8. The number of nitrogens with zero attached hydrogens (tertiary/aromatic N) is 4. The molecule has 0 unspecified atom stereocenters. The van der Waals surface area contributed by atoms with Gasteiger partial charge in [0.25, 0.3) is 0 Å². The quantitative estimate of drug-likeness (QED) is 0.794. The molecule has 126 valence electrons. The van der Waals surface area contributed by atoms with Crippen molar-refractivity contribution in [1.29, 1.82) is 5.26 Å². The SMILES string of the molecule is Cc1cc(N2CC[C@]3(C)C(C)(C)C(=O)C(C#N)=C[C@@]3(C)C2)ncn1. The van der Waals surface area contributed by atoms with Gasteiger partial charge >= 0.3 is 0 Å². The van der Waals surface area contributed by atoms with E-state index in [1.807, 2.05) is 32.9 Å².